The number of carbonyl (C=O) groups is 1. The summed E-state index contributed by atoms with van der Waals surface area (Å²) in [6.07, 6.45) is 4.80. The highest BCUT2D eigenvalue weighted by molar-refractivity contribution is 7.89. The van der Waals surface area contributed by atoms with E-state index in [1.54, 1.807) is 48.8 Å². The first-order valence-electron chi connectivity index (χ1n) is 10.9. The minimum absolute atomic E-state index is 0.0294. The van der Waals surface area contributed by atoms with Gasteiger partial charge in [0.25, 0.3) is 10.0 Å². The van der Waals surface area contributed by atoms with Crippen LogP contribution in [0, 0.1) is 0 Å². The molecule has 0 atom stereocenters. The first-order chi connectivity index (χ1) is 16.9. The first-order valence-corrected chi connectivity index (χ1v) is 12.3. The molecule has 2 aromatic heterocycles. The third-order valence-corrected chi connectivity index (χ3v) is 6.79. The summed E-state index contributed by atoms with van der Waals surface area (Å²) < 4.78 is 33.9. The van der Waals surface area contributed by atoms with Gasteiger partial charge in [-0.2, -0.15) is 4.31 Å². The Morgan fingerprint density at radius 3 is 2.23 bits per heavy atom. The van der Waals surface area contributed by atoms with Gasteiger partial charge in [-0.15, -0.1) is 0 Å². The molecular formula is C26H24N4O4S. The van der Waals surface area contributed by atoms with Crippen molar-refractivity contribution in [3.8, 4) is 17.1 Å². The van der Waals surface area contributed by atoms with Gasteiger partial charge in [0.2, 0.25) is 0 Å². The lowest BCUT2D eigenvalue weighted by Gasteiger charge is -2.22. The predicted octanol–water partition coefficient (Wildman–Crippen LogP) is 3.90. The van der Waals surface area contributed by atoms with Crippen LogP contribution in [-0.4, -0.2) is 40.1 Å². The number of sulfonamides is 1. The van der Waals surface area contributed by atoms with Gasteiger partial charge in [0.1, 0.15) is 12.4 Å². The van der Waals surface area contributed by atoms with Crippen LogP contribution in [0.1, 0.15) is 18.1 Å². The fourth-order valence-corrected chi connectivity index (χ4v) is 4.74. The summed E-state index contributed by atoms with van der Waals surface area (Å²) >= 11 is 0. The second-order valence-corrected chi connectivity index (χ2v) is 9.73. The maximum atomic E-state index is 13.5. The van der Waals surface area contributed by atoms with Gasteiger partial charge in [0.05, 0.1) is 0 Å². The summed E-state index contributed by atoms with van der Waals surface area (Å²) in [6, 6.07) is 21.0. The van der Waals surface area contributed by atoms with Gasteiger partial charge in [-0.3, -0.25) is 4.79 Å². The molecule has 0 aliphatic rings. The summed E-state index contributed by atoms with van der Waals surface area (Å²) in [6.45, 7) is 1.63. The summed E-state index contributed by atoms with van der Waals surface area (Å²) in [5, 5.41) is -0.0294. The number of ketones is 1. The van der Waals surface area contributed by atoms with Crippen LogP contribution in [0.2, 0.25) is 0 Å². The van der Waals surface area contributed by atoms with E-state index in [-0.39, 0.29) is 30.5 Å². The van der Waals surface area contributed by atoms with Gasteiger partial charge >= 0.3 is 0 Å². The van der Waals surface area contributed by atoms with Crippen LogP contribution >= 0.6 is 0 Å². The topological polar surface area (TPSA) is 102 Å². The minimum atomic E-state index is -3.90. The fourth-order valence-electron chi connectivity index (χ4n) is 3.39. The maximum Gasteiger partial charge on any atom is 0.261 e. The Morgan fingerprint density at radius 1 is 0.829 bits per heavy atom. The van der Waals surface area contributed by atoms with Crippen LogP contribution in [-0.2, 0) is 27.9 Å². The molecule has 0 spiro atoms. The van der Waals surface area contributed by atoms with Crippen LogP contribution in [0.5, 0.6) is 5.75 Å². The summed E-state index contributed by atoms with van der Waals surface area (Å²) in [7, 11) is -3.90. The van der Waals surface area contributed by atoms with E-state index >= 15 is 0 Å². The monoisotopic (exact) mass is 488 g/mol. The van der Waals surface area contributed by atoms with Crippen LogP contribution < -0.4 is 4.74 Å². The standard InChI is InChI=1S/C26H24N4O4S/c1-20(31)19-34-24-7-4-6-22(16-24)18-30(35(32,33)25-8-2-3-13-27-25)17-21-9-11-23(12-10-21)26-28-14-5-15-29-26/h2-16H,17-19H2,1H3. The number of Topliss-reactive ketones (excluding diaryl/α,β-unsaturated/α-hetero) is 1. The van der Waals surface area contributed by atoms with Gasteiger partial charge < -0.3 is 4.74 Å². The molecule has 2 heterocycles. The molecule has 0 unspecified atom stereocenters. The fraction of sp³-hybridized carbons (Fsp3) is 0.154. The molecule has 0 bridgehead atoms. The zero-order valence-electron chi connectivity index (χ0n) is 19.1. The van der Waals surface area contributed by atoms with E-state index < -0.39 is 10.0 Å². The maximum absolute atomic E-state index is 13.5. The molecule has 2 aromatic carbocycles. The molecule has 178 valence electrons. The van der Waals surface area contributed by atoms with E-state index in [4.69, 9.17) is 4.74 Å². The number of carbonyl (C=O) groups excluding carboxylic acids is 1. The molecule has 8 nitrogen and oxygen atoms in total. The van der Waals surface area contributed by atoms with Crippen molar-refractivity contribution in [3.05, 3.63) is 103 Å². The first kappa shape index (κ1) is 24.2. The molecule has 0 aliphatic carbocycles. The van der Waals surface area contributed by atoms with E-state index in [1.807, 2.05) is 30.3 Å². The van der Waals surface area contributed by atoms with Gasteiger partial charge in [-0.05, 0) is 48.4 Å². The van der Waals surface area contributed by atoms with Gasteiger partial charge in [0, 0.05) is 37.2 Å². The van der Waals surface area contributed by atoms with Crippen molar-refractivity contribution in [3.63, 3.8) is 0 Å². The largest absolute Gasteiger partial charge is 0.486 e. The molecule has 0 fully saturated rings. The molecule has 0 radical (unpaired) electrons. The second-order valence-electron chi connectivity index (χ2n) is 7.85. The second kappa shape index (κ2) is 11.0. The van der Waals surface area contributed by atoms with Crippen molar-refractivity contribution in [1.29, 1.82) is 0 Å². The number of ether oxygens (including phenoxy) is 1. The number of hydrogen-bond acceptors (Lipinski definition) is 7. The summed E-state index contributed by atoms with van der Waals surface area (Å²) in [4.78, 5) is 23.8. The zero-order valence-corrected chi connectivity index (χ0v) is 19.9. The van der Waals surface area contributed by atoms with E-state index in [9.17, 15) is 13.2 Å². The van der Waals surface area contributed by atoms with Crippen molar-refractivity contribution >= 4 is 15.8 Å². The average Bonchev–Trinajstić information content (AvgIpc) is 2.89. The molecule has 35 heavy (non-hydrogen) atoms. The molecule has 0 aliphatic heterocycles. The van der Waals surface area contributed by atoms with Crippen molar-refractivity contribution < 1.29 is 17.9 Å². The Balaban J connectivity index is 1.61. The Bertz CT molecular complexity index is 1380. The van der Waals surface area contributed by atoms with Gasteiger partial charge in [-0.1, -0.05) is 42.5 Å². The summed E-state index contributed by atoms with van der Waals surface area (Å²) in [5.41, 5.74) is 2.36. The lowest BCUT2D eigenvalue weighted by molar-refractivity contribution is -0.118. The summed E-state index contributed by atoms with van der Waals surface area (Å²) in [5.74, 6) is 0.999. The number of pyridine rings is 1. The molecule has 0 saturated carbocycles. The minimum Gasteiger partial charge on any atom is -0.486 e. The molecule has 4 aromatic rings. The van der Waals surface area contributed by atoms with Crippen molar-refractivity contribution in [2.24, 2.45) is 0 Å². The van der Waals surface area contributed by atoms with E-state index in [2.05, 4.69) is 15.0 Å². The highest BCUT2D eigenvalue weighted by atomic mass is 32.2. The highest BCUT2D eigenvalue weighted by Crippen LogP contribution is 2.23. The molecule has 4 rings (SSSR count). The van der Waals surface area contributed by atoms with Gasteiger partial charge in [0.15, 0.2) is 16.6 Å². The third-order valence-electron chi connectivity index (χ3n) is 5.08. The lowest BCUT2D eigenvalue weighted by atomic mass is 10.1. The smallest absolute Gasteiger partial charge is 0.261 e. The Labute approximate surface area is 204 Å². The molecular weight excluding hydrogens is 464 g/mol. The van der Waals surface area contributed by atoms with Crippen LogP contribution in [0.3, 0.4) is 0 Å². The van der Waals surface area contributed by atoms with Crippen molar-refractivity contribution in [1.82, 2.24) is 19.3 Å². The Hall–Kier alpha value is -3.95. The van der Waals surface area contributed by atoms with E-state index in [0.29, 0.717) is 11.6 Å². The van der Waals surface area contributed by atoms with Crippen LogP contribution in [0.25, 0.3) is 11.4 Å². The molecule has 0 saturated heterocycles. The van der Waals surface area contributed by atoms with Crippen molar-refractivity contribution in [2.45, 2.75) is 25.0 Å². The van der Waals surface area contributed by atoms with Gasteiger partial charge in [-0.25, -0.2) is 23.4 Å². The zero-order chi connectivity index (χ0) is 24.7. The molecule has 0 amide bonds. The number of benzene rings is 2. The van der Waals surface area contributed by atoms with Crippen molar-refractivity contribution in [2.75, 3.05) is 6.61 Å². The number of nitrogens with zero attached hydrogens (tertiary/aromatic N) is 4. The SMILES string of the molecule is CC(=O)COc1cccc(CN(Cc2ccc(-c3ncccn3)cc2)S(=O)(=O)c2ccccn2)c1. The third kappa shape index (κ3) is 6.34. The van der Waals surface area contributed by atoms with E-state index in [0.717, 1.165) is 16.7 Å². The van der Waals surface area contributed by atoms with Crippen LogP contribution in [0.15, 0.2) is 96.4 Å². The number of hydrogen-bond donors (Lipinski definition) is 0. The quantitative estimate of drug-likeness (QED) is 0.334. The Kier molecular flexibility index (Phi) is 7.59. The lowest BCUT2D eigenvalue weighted by Crippen LogP contribution is -2.31. The van der Waals surface area contributed by atoms with Crippen LogP contribution in [0.4, 0.5) is 0 Å². The predicted molar refractivity (Wildman–Crippen MR) is 131 cm³/mol. The normalized spacial score (nSPS) is 11.4. The number of aromatic nitrogens is 3. The number of rotatable bonds is 10. The Morgan fingerprint density at radius 2 is 1.54 bits per heavy atom. The molecule has 9 heteroatoms. The highest BCUT2D eigenvalue weighted by Gasteiger charge is 2.26. The average molecular weight is 489 g/mol. The van der Waals surface area contributed by atoms with E-state index in [1.165, 1.54) is 23.5 Å². The molecule has 0 N–H and O–H groups in total.